The number of sulfonamides is 1. The molecule has 2 N–H and O–H groups in total. The Morgan fingerprint density at radius 3 is 2.29 bits per heavy atom. The quantitative estimate of drug-likeness (QED) is 0.513. The molecule has 9 heteroatoms. The first-order valence-electron chi connectivity index (χ1n) is 11.2. The number of piperidine rings is 1. The van der Waals surface area contributed by atoms with Crippen LogP contribution in [0.2, 0.25) is 0 Å². The highest BCUT2D eigenvalue weighted by Gasteiger charge is 2.39. The van der Waals surface area contributed by atoms with Crippen molar-refractivity contribution in [2.75, 3.05) is 19.3 Å². The maximum Gasteiger partial charge on any atom is 0.257 e. The summed E-state index contributed by atoms with van der Waals surface area (Å²) in [6.07, 6.45) is 7.40. The third kappa shape index (κ3) is 8.71. The van der Waals surface area contributed by atoms with Crippen LogP contribution in [0.25, 0.3) is 6.08 Å². The Balaban J connectivity index is 0.00000204. The van der Waals surface area contributed by atoms with Crippen LogP contribution in [0, 0.1) is 0 Å². The average Bonchev–Trinajstić information content (AvgIpc) is 3.53. The summed E-state index contributed by atoms with van der Waals surface area (Å²) >= 11 is 0. The van der Waals surface area contributed by atoms with E-state index in [1.54, 1.807) is 6.08 Å². The second kappa shape index (κ2) is 12.7. The van der Waals surface area contributed by atoms with Crippen LogP contribution in [0.3, 0.4) is 0 Å². The lowest BCUT2D eigenvalue weighted by Crippen LogP contribution is -2.43. The summed E-state index contributed by atoms with van der Waals surface area (Å²) in [5.74, 6) is 0.0357. The molecule has 186 valence electrons. The van der Waals surface area contributed by atoms with Gasteiger partial charge in [0, 0.05) is 30.6 Å². The molecule has 2 atom stereocenters. The molecule has 1 aliphatic heterocycles. The molecule has 1 saturated heterocycles. The minimum absolute atomic E-state index is 0. The van der Waals surface area contributed by atoms with Crippen molar-refractivity contribution in [2.45, 2.75) is 43.8 Å². The van der Waals surface area contributed by atoms with Gasteiger partial charge < -0.3 is 5.32 Å². The summed E-state index contributed by atoms with van der Waals surface area (Å²) in [5, 5.41) is 3.87. The fourth-order valence-electron chi connectivity index (χ4n) is 4.39. The zero-order valence-electron chi connectivity index (χ0n) is 19.2. The topological polar surface area (TPSA) is 78.5 Å². The number of amides is 1. The number of halogens is 2. The van der Waals surface area contributed by atoms with Gasteiger partial charge >= 0.3 is 0 Å². The Kier molecular flexibility index (Phi) is 10.6. The molecule has 2 fully saturated rings. The Morgan fingerprint density at radius 1 is 1.03 bits per heavy atom. The number of likely N-dealkylation sites (tertiary alicyclic amines) is 1. The molecule has 1 amide bonds. The number of benzene rings is 2. The van der Waals surface area contributed by atoms with Gasteiger partial charge in [0.1, 0.15) is 0 Å². The first-order valence-corrected chi connectivity index (χ1v) is 13.1. The molecule has 6 nitrogen and oxygen atoms in total. The van der Waals surface area contributed by atoms with Crippen LogP contribution >= 0.6 is 24.8 Å². The van der Waals surface area contributed by atoms with Crippen LogP contribution < -0.4 is 10.0 Å². The zero-order valence-corrected chi connectivity index (χ0v) is 21.7. The summed E-state index contributed by atoms with van der Waals surface area (Å²) in [5.41, 5.74) is 3.55. The van der Waals surface area contributed by atoms with Crippen molar-refractivity contribution >= 4 is 46.8 Å². The van der Waals surface area contributed by atoms with Gasteiger partial charge in [-0.05, 0) is 55.1 Å². The van der Waals surface area contributed by atoms with Gasteiger partial charge in [0.05, 0.1) is 6.26 Å². The van der Waals surface area contributed by atoms with E-state index < -0.39 is 15.9 Å². The summed E-state index contributed by atoms with van der Waals surface area (Å²) in [4.78, 5) is 14.1. The van der Waals surface area contributed by atoms with Gasteiger partial charge in [0.25, 0.3) is 5.91 Å². The average molecular weight is 527 g/mol. The van der Waals surface area contributed by atoms with E-state index in [9.17, 15) is 13.2 Å². The van der Waals surface area contributed by atoms with Crippen molar-refractivity contribution < 1.29 is 13.2 Å². The number of rotatable bonds is 8. The van der Waals surface area contributed by atoms with E-state index >= 15 is 0 Å². The Hall–Kier alpha value is -1.90. The van der Waals surface area contributed by atoms with Crippen molar-refractivity contribution in [2.24, 2.45) is 0 Å². The summed E-state index contributed by atoms with van der Waals surface area (Å²) < 4.78 is 24.0. The lowest BCUT2D eigenvalue weighted by Gasteiger charge is -2.32. The molecule has 0 spiro atoms. The molecule has 4 rings (SSSR count). The molecule has 1 aliphatic carbocycles. The second-order valence-corrected chi connectivity index (χ2v) is 10.6. The Bertz CT molecular complexity index is 1050. The van der Waals surface area contributed by atoms with E-state index in [-0.39, 0.29) is 24.8 Å². The van der Waals surface area contributed by atoms with Crippen molar-refractivity contribution in [1.29, 1.82) is 0 Å². The highest BCUT2D eigenvalue weighted by atomic mass is 35.5. The minimum Gasteiger partial charge on any atom is -0.311 e. The number of hydrogen-bond acceptors (Lipinski definition) is 5. The maximum atomic E-state index is 11.6. The molecule has 1 heterocycles. The number of hydrogen-bond donors (Lipinski definition) is 2. The summed E-state index contributed by atoms with van der Waals surface area (Å²) in [6.45, 7) is 3.10. The highest BCUT2D eigenvalue weighted by Crippen LogP contribution is 2.41. The molecule has 0 unspecified atom stereocenters. The Morgan fingerprint density at radius 2 is 1.68 bits per heavy atom. The van der Waals surface area contributed by atoms with Crippen molar-refractivity contribution in [3.05, 3.63) is 77.4 Å². The normalized spacial score (nSPS) is 20.9. The van der Waals surface area contributed by atoms with E-state index in [0.717, 1.165) is 31.5 Å². The predicted octanol–water partition coefficient (Wildman–Crippen LogP) is 3.73. The van der Waals surface area contributed by atoms with Gasteiger partial charge in [-0.15, -0.1) is 24.8 Å². The number of carbonyl (C=O) groups excluding carboxylic acids is 1. The van der Waals surface area contributed by atoms with Crippen molar-refractivity contribution in [1.82, 2.24) is 14.9 Å². The standard InChI is InChI=1S/C25H31N3O3S.2ClH/c1-32(30,31)27-25(29)12-11-19-7-9-20(10-8-19)18-28-15-13-22(14-16-28)26-24-17-23(24)21-5-3-2-4-6-21;;/h2-12,22-24,26H,13-18H2,1H3,(H,27,29);2*1H/t23-,24+;;/m0../s1. The lowest BCUT2D eigenvalue weighted by atomic mass is 10.0. The van der Waals surface area contributed by atoms with Crippen LogP contribution in [0.15, 0.2) is 60.7 Å². The molecule has 0 aromatic heterocycles. The van der Waals surface area contributed by atoms with Gasteiger partial charge in [0.2, 0.25) is 10.0 Å². The van der Waals surface area contributed by atoms with E-state index in [4.69, 9.17) is 0 Å². The van der Waals surface area contributed by atoms with Gasteiger partial charge in [-0.1, -0.05) is 54.6 Å². The first kappa shape index (κ1) is 28.3. The fourth-order valence-corrected chi connectivity index (χ4v) is 4.82. The summed E-state index contributed by atoms with van der Waals surface area (Å²) in [7, 11) is -3.53. The maximum absolute atomic E-state index is 11.6. The minimum atomic E-state index is -3.53. The van der Waals surface area contributed by atoms with Crippen LogP contribution in [0.1, 0.15) is 41.9 Å². The number of nitrogens with one attached hydrogen (secondary N) is 2. The van der Waals surface area contributed by atoms with Crippen molar-refractivity contribution in [3.63, 3.8) is 0 Å². The Labute approximate surface area is 215 Å². The van der Waals surface area contributed by atoms with Gasteiger partial charge in [-0.2, -0.15) is 0 Å². The van der Waals surface area contributed by atoms with Crippen LogP contribution in [0.5, 0.6) is 0 Å². The second-order valence-electron chi connectivity index (χ2n) is 8.89. The van der Waals surface area contributed by atoms with E-state index in [0.29, 0.717) is 18.0 Å². The monoisotopic (exact) mass is 525 g/mol. The molecular weight excluding hydrogens is 493 g/mol. The SMILES string of the molecule is CS(=O)(=O)NC(=O)C=Cc1ccc(CN2CCC(N[C@@H]3C[C@H]3c3ccccc3)CC2)cc1.Cl.Cl. The molecule has 1 saturated carbocycles. The molecule has 2 aromatic carbocycles. The number of nitrogens with zero attached hydrogens (tertiary/aromatic N) is 1. The van der Waals surface area contributed by atoms with Gasteiger partial charge in [-0.25, -0.2) is 13.1 Å². The third-order valence-corrected chi connectivity index (χ3v) is 6.73. The molecular formula is C25H33Cl2N3O3S. The van der Waals surface area contributed by atoms with Gasteiger partial charge in [-0.3, -0.25) is 9.69 Å². The molecule has 0 bridgehead atoms. The van der Waals surface area contributed by atoms with E-state index in [1.807, 2.05) is 16.9 Å². The van der Waals surface area contributed by atoms with Crippen LogP contribution in [-0.2, 0) is 21.4 Å². The largest absolute Gasteiger partial charge is 0.311 e. The number of carbonyl (C=O) groups is 1. The van der Waals surface area contributed by atoms with E-state index in [2.05, 4.69) is 52.7 Å². The van der Waals surface area contributed by atoms with Gasteiger partial charge in [0.15, 0.2) is 0 Å². The third-order valence-electron chi connectivity index (χ3n) is 6.15. The fraction of sp³-hybridized carbons (Fsp3) is 0.400. The van der Waals surface area contributed by atoms with Crippen molar-refractivity contribution in [3.8, 4) is 0 Å². The molecule has 2 aromatic rings. The van der Waals surface area contributed by atoms with Crippen LogP contribution in [-0.4, -0.2) is 50.7 Å². The smallest absolute Gasteiger partial charge is 0.257 e. The first-order chi connectivity index (χ1) is 15.4. The molecule has 2 aliphatic rings. The lowest BCUT2D eigenvalue weighted by molar-refractivity contribution is -0.114. The van der Waals surface area contributed by atoms with Crippen LogP contribution in [0.4, 0.5) is 0 Å². The highest BCUT2D eigenvalue weighted by molar-refractivity contribution is 7.89. The predicted molar refractivity (Wildman–Crippen MR) is 142 cm³/mol. The van der Waals surface area contributed by atoms with E-state index in [1.165, 1.54) is 36.5 Å². The molecule has 34 heavy (non-hydrogen) atoms. The zero-order chi connectivity index (χ0) is 22.6. The molecule has 0 radical (unpaired) electrons. The summed E-state index contributed by atoms with van der Waals surface area (Å²) in [6, 6.07) is 20.1.